The highest BCUT2D eigenvalue weighted by Crippen LogP contribution is 2.33. The number of rotatable bonds is 7. The van der Waals surface area contributed by atoms with Gasteiger partial charge in [0.15, 0.2) is 0 Å². The zero-order valence-electron chi connectivity index (χ0n) is 11.6. The third-order valence-corrected chi connectivity index (χ3v) is 3.80. The van der Waals surface area contributed by atoms with Crippen LogP contribution in [0.3, 0.4) is 0 Å². The molecule has 0 spiro atoms. The van der Waals surface area contributed by atoms with Crippen molar-refractivity contribution in [3.8, 4) is 0 Å². The second-order valence-electron chi connectivity index (χ2n) is 5.42. The Morgan fingerprint density at radius 1 is 1.50 bits per heavy atom. The van der Waals surface area contributed by atoms with Crippen molar-refractivity contribution in [3.63, 3.8) is 0 Å². The molecule has 1 unspecified atom stereocenters. The van der Waals surface area contributed by atoms with E-state index in [1.165, 1.54) is 36.9 Å². The van der Waals surface area contributed by atoms with E-state index in [0.717, 1.165) is 12.5 Å². The molecule has 0 aliphatic heterocycles. The molecule has 0 radical (unpaired) electrons. The van der Waals surface area contributed by atoms with E-state index >= 15 is 0 Å². The summed E-state index contributed by atoms with van der Waals surface area (Å²) >= 11 is 0. The lowest BCUT2D eigenvalue weighted by atomic mass is 10.0. The molecular formula is C15H25N3. The third kappa shape index (κ3) is 3.30. The van der Waals surface area contributed by atoms with Crippen LogP contribution in [0, 0.1) is 12.8 Å². The lowest BCUT2D eigenvalue weighted by Crippen LogP contribution is -2.36. The number of hydrogen-bond acceptors (Lipinski definition) is 3. The van der Waals surface area contributed by atoms with Crippen LogP contribution in [0.25, 0.3) is 0 Å². The van der Waals surface area contributed by atoms with Crippen molar-refractivity contribution in [1.29, 1.82) is 0 Å². The Labute approximate surface area is 110 Å². The minimum Gasteiger partial charge on any atom is -0.329 e. The quantitative estimate of drug-likeness (QED) is 0.805. The Bertz CT molecular complexity index is 374. The average Bonchev–Trinajstić information content (AvgIpc) is 3.16. The van der Waals surface area contributed by atoms with Crippen molar-refractivity contribution in [3.05, 3.63) is 29.6 Å². The molecular weight excluding hydrogens is 222 g/mol. The summed E-state index contributed by atoms with van der Waals surface area (Å²) in [4.78, 5) is 6.83. The van der Waals surface area contributed by atoms with Crippen molar-refractivity contribution in [1.82, 2.24) is 9.88 Å². The second-order valence-corrected chi connectivity index (χ2v) is 5.42. The fourth-order valence-electron chi connectivity index (χ4n) is 2.59. The summed E-state index contributed by atoms with van der Waals surface area (Å²) in [5, 5.41) is 0. The van der Waals surface area contributed by atoms with E-state index in [1.54, 1.807) is 0 Å². The molecule has 0 amide bonds. The van der Waals surface area contributed by atoms with E-state index in [4.69, 9.17) is 5.73 Å². The molecule has 0 saturated heterocycles. The molecule has 0 bridgehead atoms. The van der Waals surface area contributed by atoms with Crippen LogP contribution >= 0.6 is 0 Å². The van der Waals surface area contributed by atoms with Crippen LogP contribution in [0.2, 0.25) is 0 Å². The Morgan fingerprint density at radius 2 is 2.28 bits per heavy atom. The zero-order chi connectivity index (χ0) is 13.0. The summed E-state index contributed by atoms with van der Waals surface area (Å²) in [6.45, 7) is 7.40. The molecule has 1 heterocycles. The number of nitrogens with two attached hydrogens (primary N) is 1. The van der Waals surface area contributed by atoms with Gasteiger partial charge in [-0.2, -0.15) is 0 Å². The number of pyridine rings is 1. The lowest BCUT2D eigenvalue weighted by molar-refractivity contribution is 0.192. The number of nitrogens with zero attached hydrogens (tertiary/aromatic N) is 2. The largest absolute Gasteiger partial charge is 0.329 e. The number of aryl methyl sites for hydroxylation is 1. The smallest absolute Gasteiger partial charge is 0.0488 e. The van der Waals surface area contributed by atoms with Crippen molar-refractivity contribution < 1.29 is 0 Å². The Morgan fingerprint density at radius 3 is 2.83 bits per heavy atom. The third-order valence-electron chi connectivity index (χ3n) is 3.80. The summed E-state index contributed by atoms with van der Waals surface area (Å²) in [6.07, 6.45) is 7.81. The highest BCUT2D eigenvalue weighted by atomic mass is 15.2. The SMILES string of the molecule is CCCN(CC1CC1)C(CN)c1cnccc1C. The van der Waals surface area contributed by atoms with E-state index in [-0.39, 0.29) is 0 Å². The van der Waals surface area contributed by atoms with E-state index in [2.05, 4.69) is 29.8 Å². The van der Waals surface area contributed by atoms with Gasteiger partial charge in [0.05, 0.1) is 0 Å². The van der Waals surface area contributed by atoms with Gasteiger partial charge >= 0.3 is 0 Å². The van der Waals surface area contributed by atoms with Gasteiger partial charge in [0, 0.05) is 31.5 Å². The van der Waals surface area contributed by atoms with E-state index < -0.39 is 0 Å². The van der Waals surface area contributed by atoms with Gasteiger partial charge in [-0.25, -0.2) is 0 Å². The number of hydrogen-bond donors (Lipinski definition) is 1. The molecule has 1 fully saturated rings. The van der Waals surface area contributed by atoms with Gasteiger partial charge in [0.25, 0.3) is 0 Å². The van der Waals surface area contributed by atoms with Gasteiger partial charge in [-0.05, 0) is 55.8 Å². The maximum absolute atomic E-state index is 6.03. The van der Waals surface area contributed by atoms with E-state index in [9.17, 15) is 0 Å². The Balaban J connectivity index is 2.15. The fourth-order valence-corrected chi connectivity index (χ4v) is 2.59. The monoisotopic (exact) mass is 247 g/mol. The standard InChI is InChI=1S/C15H25N3/c1-3-8-18(11-13-4-5-13)15(9-16)14-10-17-7-6-12(14)2/h6-7,10,13,15H,3-5,8-9,11,16H2,1-2H3. The van der Waals surface area contributed by atoms with Crippen LogP contribution in [-0.2, 0) is 0 Å². The van der Waals surface area contributed by atoms with Gasteiger partial charge in [0.2, 0.25) is 0 Å². The van der Waals surface area contributed by atoms with Crippen LogP contribution in [0.1, 0.15) is 43.4 Å². The zero-order valence-corrected chi connectivity index (χ0v) is 11.6. The lowest BCUT2D eigenvalue weighted by Gasteiger charge is -2.31. The minimum atomic E-state index is 0.333. The molecule has 18 heavy (non-hydrogen) atoms. The minimum absolute atomic E-state index is 0.333. The van der Waals surface area contributed by atoms with Gasteiger partial charge in [-0.15, -0.1) is 0 Å². The van der Waals surface area contributed by atoms with Gasteiger partial charge in [-0.1, -0.05) is 6.92 Å². The van der Waals surface area contributed by atoms with Crippen molar-refractivity contribution in [2.75, 3.05) is 19.6 Å². The summed E-state index contributed by atoms with van der Waals surface area (Å²) in [6, 6.07) is 2.42. The maximum Gasteiger partial charge on any atom is 0.0488 e. The molecule has 2 rings (SSSR count). The highest BCUT2D eigenvalue weighted by Gasteiger charge is 2.28. The number of aromatic nitrogens is 1. The Hall–Kier alpha value is -0.930. The first-order valence-electron chi connectivity index (χ1n) is 7.10. The van der Waals surface area contributed by atoms with Crippen molar-refractivity contribution in [2.45, 2.75) is 39.2 Å². The molecule has 1 aromatic rings. The first-order valence-corrected chi connectivity index (χ1v) is 7.10. The first-order chi connectivity index (χ1) is 8.76. The molecule has 1 atom stereocenters. The average molecular weight is 247 g/mol. The fraction of sp³-hybridized carbons (Fsp3) is 0.667. The molecule has 3 nitrogen and oxygen atoms in total. The van der Waals surface area contributed by atoms with Crippen molar-refractivity contribution >= 4 is 0 Å². The molecule has 1 aromatic heterocycles. The Kier molecular flexibility index (Phi) is 4.72. The molecule has 0 aromatic carbocycles. The normalized spacial score (nSPS) is 17.1. The maximum atomic E-state index is 6.03. The molecule has 1 aliphatic carbocycles. The van der Waals surface area contributed by atoms with Crippen molar-refractivity contribution in [2.24, 2.45) is 11.7 Å². The summed E-state index contributed by atoms with van der Waals surface area (Å²) < 4.78 is 0. The van der Waals surface area contributed by atoms with Crippen LogP contribution in [0.4, 0.5) is 0 Å². The molecule has 1 saturated carbocycles. The molecule has 100 valence electrons. The second kappa shape index (κ2) is 6.30. The van der Waals surface area contributed by atoms with E-state index in [0.29, 0.717) is 12.6 Å². The first kappa shape index (κ1) is 13.5. The molecule has 3 heteroatoms. The van der Waals surface area contributed by atoms with Gasteiger partial charge in [-0.3, -0.25) is 9.88 Å². The van der Waals surface area contributed by atoms with Crippen LogP contribution in [0.15, 0.2) is 18.5 Å². The molecule has 1 aliphatic rings. The predicted molar refractivity (Wildman–Crippen MR) is 75.4 cm³/mol. The van der Waals surface area contributed by atoms with Crippen LogP contribution < -0.4 is 5.73 Å². The predicted octanol–water partition coefficient (Wildman–Crippen LogP) is 2.51. The summed E-state index contributed by atoms with van der Waals surface area (Å²) in [7, 11) is 0. The topological polar surface area (TPSA) is 42.1 Å². The van der Waals surface area contributed by atoms with E-state index in [1.807, 2.05) is 12.4 Å². The molecule has 2 N–H and O–H groups in total. The van der Waals surface area contributed by atoms with Crippen LogP contribution in [-0.4, -0.2) is 29.5 Å². The summed E-state index contributed by atoms with van der Waals surface area (Å²) in [5.74, 6) is 0.905. The van der Waals surface area contributed by atoms with Crippen LogP contribution in [0.5, 0.6) is 0 Å². The van der Waals surface area contributed by atoms with Gasteiger partial charge < -0.3 is 5.73 Å². The van der Waals surface area contributed by atoms with Gasteiger partial charge in [0.1, 0.15) is 0 Å². The highest BCUT2D eigenvalue weighted by molar-refractivity contribution is 5.25. The summed E-state index contributed by atoms with van der Waals surface area (Å²) in [5.41, 5.74) is 8.63.